The van der Waals surface area contributed by atoms with E-state index in [1.807, 2.05) is 43.3 Å². The van der Waals surface area contributed by atoms with E-state index in [1.54, 1.807) is 48.5 Å². The lowest BCUT2D eigenvalue weighted by Gasteiger charge is -2.26. The molecule has 0 saturated carbocycles. The zero-order valence-electron chi connectivity index (χ0n) is 20.0. The largest absolute Gasteiger partial charge is 0.507 e. The number of fused-ring (bicyclic) bond motifs is 2. The molecule has 6 rings (SSSR count). The van der Waals surface area contributed by atoms with Crippen molar-refractivity contribution >= 4 is 33.9 Å². The van der Waals surface area contributed by atoms with E-state index >= 15 is 0 Å². The molecule has 7 heteroatoms. The number of ketones is 1. The van der Waals surface area contributed by atoms with Gasteiger partial charge in [0.25, 0.3) is 11.7 Å². The second kappa shape index (κ2) is 9.02. The second-order valence-electron chi connectivity index (χ2n) is 8.74. The molecule has 0 aromatic heterocycles. The third kappa shape index (κ3) is 3.76. The van der Waals surface area contributed by atoms with E-state index in [-0.39, 0.29) is 18.1 Å². The van der Waals surface area contributed by atoms with Gasteiger partial charge < -0.3 is 19.3 Å². The summed E-state index contributed by atoms with van der Waals surface area (Å²) in [7, 11) is 0. The molecule has 0 spiro atoms. The number of aliphatic hydroxyl groups excluding tert-OH is 1. The van der Waals surface area contributed by atoms with Crippen LogP contribution in [0.1, 0.15) is 24.1 Å². The molecule has 0 aliphatic carbocycles. The maximum atomic E-state index is 13.5. The Bertz CT molecular complexity index is 1570. The molecule has 2 heterocycles. The zero-order chi connectivity index (χ0) is 25.5. The van der Waals surface area contributed by atoms with Gasteiger partial charge in [-0.2, -0.15) is 0 Å². The average Bonchev–Trinajstić information content (AvgIpc) is 3.50. The fourth-order valence-electron chi connectivity index (χ4n) is 4.94. The van der Waals surface area contributed by atoms with Crippen LogP contribution in [-0.4, -0.2) is 30.2 Å². The molecule has 1 saturated heterocycles. The van der Waals surface area contributed by atoms with Crippen molar-refractivity contribution in [2.45, 2.75) is 13.0 Å². The van der Waals surface area contributed by atoms with Gasteiger partial charge in [0.2, 0.25) is 6.79 Å². The number of rotatable bonds is 5. The molecular weight excluding hydrogens is 470 g/mol. The predicted octanol–water partition coefficient (Wildman–Crippen LogP) is 5.59. The van der Waals surface area contributed by atoms with Gasteiger partial charge in [-0.25, -0.2) is 0 Å². The van der Waals surface area contributed by atoms with E-state index in [2.05, 4.69) is 0 Å². The molecule has 1 N–H and O–H groups in total. The SMILES string of the molecule is CCOc1ccc(C2/C(=C(/O)c3cccc4ccccc34)C(=O)C(=O)N2c2ccc3c(c2)OCO3)cc1. The molecule has 4 aromatic rings. The summed E-state index contributed by atoms with van der Waals surface area (Å²) >= 11 is 0. The lowest BCUT2D eigenvalue weighted by molar-refractivity contribution is -0.132. The third-order valence-corrected chi connectivity index (χ3v) is 6.63. The van der Waals surface area contributed by atoms with E-state index in [1.165, 1.54) is 4.90 Å². The molecule has 1 atom stereocenters. The Morgan fingerprint density at radius 3 is 2.51 bits per heavy atom. The number of amides is 1. The minimum Gasteiger partial charge on any atom is -0.507 e. The van der Waals surface area contributed by atoms with E-state index in [9.17, 15) is 14.7 Å². The van der Waals surface area contributed by atoms with Crippen molar-refractivity contribution in [3.63, 3.8) is 0 Å². The van der Waals surface area contributed by atoms with Crippen LogP contribution in [0.25, 0.3) is 16.5 Å². The quantitative estimate of drug-likeness (QED) is 0.222. The van der Waals surface area contributed by atoms with E-state index in [0.29, 0.717) is 40.7 Å². The number of Topliss-reactive ketones (excluding diaryl/α,β-unsaturated/α-hetero) is 1. The standard InChI is InChI=1S/C30H23NO6/c1-2-35-21-13-10-19(11-14-21)27-26(28(32)23-9-5-7-18-6-3-4-8-22(18)23)29(33)30(34)31(27)20-12-15-24-25(16-20)37-17-36-24/h3-16,27,32H,2,17H2,1H3/b28-26-. The van der Waals surface area contributed by atoms with Crippen LogP contribution in [-0.2, 0) is 9.59 Å². The molecule has 184 valence electrons. The van der Waals surface area contributed by atoms with Gasteiger partial charge in [-0.05, 0) is 47.5 Å². The molecule has 7 nitrogen and oxygen atoms in total. The van der Waals surface area contributed by atoms with Crippen LogP contribution in [0.5, 0.6) is 17.2 Å². The van der Waals surface area contributed by atoms with Crippen LogP contribution in [0.2, 0.25) is 0 Å². The van der Waals surface area contributed by atoms with Gasteiger partial charge in [0.05, 0.1) is 18.2 Å². The van der Waals surface area contributed by atoms with Crippen LogP contribution in [0, 0.1) is 0 Å². The molecule has 1 unspecified atom stereocenters. The lowest BCUT2D eigenvalue weighted by atomic mass is 9.93. The number of ether oxygens (including phenoxy) is 3. The highest BCUT2D eigenvalue weighted by Crippen LogP contribution is 2.45. The first-order chi connectivity index (χ1) is 18.1. The Hall–Kier alpha value is -4.78. The van der Waals surface area contributed by atoms with Gasteiger partial charge in [0.15, 0.2) is 11.5 Å². The topological polar surface area (TPSA) is 85.3 Å². The van der Waals surface area contributed by atoms with Crippen molar-refractivity contribution in [1.82, 2.24) is 0 Å². The fourth-order valence-corrected chi connectivity index (χ4v) is 4.94. The molecule has 2 aliphatic rings. The van der Waals surface area contributed by atoms with Crippen molar-refractivity contribution in [1.29, 1.82) is 0 Å². The van der Waals surface area contributed by atoms with Crippen LogP contribution in [0.3, 0.4) is 0 Å². The van der Waals surface area contributed by atoms with Gasteiger partial charge in [-0.15, -0.1) is 0 Å². The Labute approximate surface area is 213 Å². The maximum absolute atomic E-state index is 13.5. The fraction of sp³-hybridized carbons (Fsp3) is 0.133. The molecular formula is C30H23NO6. The van der Waals surface area contributed by atoms with Gasteiger partial charge in [-0.1, -0.05) is 54.6 Å². The highest BCUT2D eigenvalue weighted by Gasteiger charge is 2.47. The van der Waals surface area contributed by atoms with Crippen LogP contribution >= 0.6 is 0 Å². The number of benzene rings is 4. The van der Waals surface area contributed by atoms with Gasteiger partial charge in [0, 0.05) is 17.3 Å². The van der Waals surface area contributed by atoms with Gasteiger partial charge in [0.1, 0.15) is 11.5 Å². The maximum Gasteiger partial charge on any atom is 0.300 e. The van der Waals surface area contributed by atoms with Gasteiger partial charge >= 0.3 is 0 Å². The smallest absolute Gasteiger partial charge is 0.300 e. The Morgan fingerprint density at radius 2 is 1.70 bits per heavy atom. The first kappa shape index (κ1) is 22.7. The summed E-state index contributed by atoms with van der Waals surface area (Å²) in [5.41, 5.74) is 1.62. The summed E-state index contributed by atoms with van der Waals surface area (Å²) in [6.45, 7) is 2.49. The number of aliphatic hydroxyl groups is 1. The van der Waals surface area contributed by atoms with Crippen molar-refractivity contribution in [3.05, 3.63) is 102 Å². The Balaban J connectivity index is 1.56. The highest BCUT2D eigenvalue weighted by molar-refractivity contribution is 6.51. The average molecular weight is 494 g/mol. The van der Waals surface area contributed by atoms with Crippen LogP contribution in [0.15, 0.2) is 90.5 Å². The van der Waals surface area contributed by atoms with Crippen molar-refractivity contribution in [2.75, 3.05) is 18.3 Å². The monoisotopic (exact) mass is 493 g/mol. The molecule has 0 radical (unpaired) electrons. The van der Waals surface area contributed by atoms with Crippen molar-refractivity contribution in [3.8, 4) is 17.2 Å². The number of hydrogen-bond acceptors (Lipinski definition) is 6. The summed E-state index contributed by atoms with van der Waals surface area (Å²) in [6, 6.07) is 24.5. The van der Waals surface area contributed by atoms with Crippen LogP contribution in [0.4, 0.5) is 5.69 Å². The van der Waals surface area contributed by atoms with E-state index < -0.39 is 17.7 Å². The minimum atomic E-state index is -0.866. The highest BCUT2D eigenvalue weighted by atomic mass is 16.7. The molecule has 4 aromatic carbocycles. The minimum absolute atomic E-state index is 0.0168. The molecule has 0 bridgehead atoms. The zero-order valence-corrected chi connectivity index (χ0v) is 20.0. The third-order valence-electron chi connectivity index (χ3n) is 6.63. The summed E-state index contributed by atoms with van der Waals surface area (Å²) in [5, 5.41) is 13.3. The van der Waals surface area contributed by atoms with E-state index in [0.717, 1.165) is 10.8 Å². The summed E-state index contributed by atoms with van der Waals surface area (Å²) in [4.78, 5) is 28.4. The van der Waals surface area contributed by atoms with Crippen molar-refractivity contribution in [2.24, 2.45) is 0 Å². The Morgan fingerprint density at radius 1 is 0.946 bits per heavy atom. The summed E-state index contributed by atoms with van der Waals surface area (Å²) in [5.74, 6) is -0.00765. The number of carbonyl (C=O) groups excluding carboxylic acids is 2. The number of hydrogen-bond donors (Lipinski definition) is 1. The van der Waals surface area contributed by atoms with Crippen molar-refractivity contribution < 1.29 is 28.9 Å². The molecule has 2 aliphatic heterocycles. The lowest BCUT2D eigenvalue weighted by Crippen LogP contribution is -2.29. The number of anilines is 1. The molecule has 1 amide bonds. The normalized spacial score (nSPS) is 18.0. The number of nitrogens with zero attached hydrogens (tertiary/aromatic N) is 1. The second-order valence-corrected chi connectivity index (χ2v) is 8.74. The Kier molecular flexibility index (Phi) is 5.53. The van der Waals surface area contributed by atoms with Crippen LogP contribution < -0.4 is 19.1 Å². The summed E-state index contributed by atoms with van der Waals surface area (Å²) < 4.78 is 16.5. The first-order valence-corrected chi connectivity index (χ1v) is 12.0. The van der Waals surface area contributed by atoms with E-state index in [4.69, 9.17) is 14.2 Å². The number of carbonyl (C=O) groups is 2. The van der Waals surface area contributed by atoms with Gasteiger partial charge in [-0.3, -0.25) is 14.5 Å². The molecule has 1 fully saturated rings. The first-order valence-electron chi connectivity index (χ1n) is 12.0. The predicted molar refractivity (Wildman–Crippen MR) is 139 cm³/mol. The summed E-state index contributed by atoms with van der Waals surface area (Å²) in [6.07, 6.45) is 0. The molecule has 37 heavy (non-hydrogen) atoms.